The lowest BCUT2D eigenvalue weighted by Crippen LogP contribution is -2.41. The fourth-order valence-corrected chi connectivity index (χ4v) is 3.04. The van der Waals surface area contributed by atoms with Gasteiger partial charge in [0, 0.05) is 58.1 Å². The molecule has 2 amide bonds. The molecule has 2 rings (SSSR count). The number of likely N-dealkylation sites (tertiary alicyclic amines) is 1. The lowest BCUT2D eigenvalue weighted by atomic mass is 10.1. The topological polar surface area (TPSA) is 53.1 Å². The highest BCUT2D eigenvalue weighted by atomic mass is 16.5. The maximum absolute atomic E-state index is 12.6. The second kappa shape index (κ2) is 10.1. The minimum atomic E-state index is -0.00728. The number of likely N-dealkylation sites (N-methyl/N-ethyl adjacent to an activating group) is 2. The van der Waals surface area contributed by atoms with Crippen molar-refractivity contribution in [2.75, 3.05) is 47.3 Å². The van der Waals surface area contributed by atoms with Crippen molar-refractivity contribution in [1.29, 1.82) is 0 Å². The molecule has 1 aliphatic rings. The largest absolute Gasteiger partial charge is 0.490 e. The number of piperidine rings is 1. The molecule has 1 aliphatic heterocycles. The van der Waals surface area contributed by atoms with Gasteiger partial charge in [-0.25, -0.2) is 0 Å². The fraction of sp³-hybridized carbons (Fsp3) is 0.524. The molecule has 0 bridgehead atoms. The first kappa shape index (κ1) is 21.0. The normalized spacial score (nSPS) is 14.9. The van der Waals surface area contributed by atoms with Crippen molar-refractivity contribution in [1.82, 2.24) is 14.7 Å². The minimum Gasteiger partial charge on any atom is -0.490 e. The van der Waals surface area contributed by atoms with Crippen molar-refractivity contribution >= 4 is 11.8 Å². The summed E-state index contributed by atoms with van der Waals surface area (Å²) in [5, 5.41) is 0. The van der Waals surface area contributed by atoms with Gasteiger partial charge in [0.05, 0.1) is 0 Å². The van der Waals surface area contributed by atoms with E-state index in [1.165, 1.54) is 0 Å². The van der Waals surface area contributed by atoms with Gasteiger partial charge in [-0.3, -0.25) is 9.59 Å². The van der Waals surface area contributed by atoms with E-state index in [2.05, 4.69) is 11.5 Å². The predicted molar refractivity (Wildman–Crippen MR) is 107 cm³/mol. The third-order valence-corrected chi connectivity index (χ3v) is 4.73. The molecule has 0 aromatic heterocycles. The van der Waals surface area contributed by atoms with Gasteiger partial charge in [-0.05, 0) is 32.3 Å². The average molecular weight is 373 g/mol. The Hall–Kier alpha value is -2.34. The van der Waals surface area contributed by atoms with Crippen LogP contribution in [0, 0.1) is 0 Å². The van der Waals surface area contributed by atoms with E-state index in [4.69, 9.17) is 4.74 Å². The number of hydrogen-bond acceptors (Lipinski definition) is 4. The van der Waals surface area contributed by atoms with E-state index < -0.39 is 0 Å². The van der Waals surface area contributed by atoms with Gasteiger partial charge in [0.2, 0.25) is 5.91 Å². The van der Waals surface area contributed by atoms with Crippen LogP contribution >= 0.6 is 0 Å². The number of carbonyl (C=O) groups excluding carboxylic acids is 2. The predicted octanol–water partition coefficient (Wildman–Crippen LogP) is 2.27. The van der Waals surface area contributed by atoms with Gasteiger partial charge >= 0.3 is 0 Å². The van der Waals surface area contributed by atoms with E-state index in [0.29, 0.717) is 37.4 Å². The summed E-state index contributed by atoms with van der Waals surface area (Å²) >= 11 is 0. The summed E-state index contributed by atoms with van der Waals surface area (Å²) < 4.78 is 6.08. The number of carbonyl (C=O) groups is 2. The lowest BCUT2D eigenvalue weighted by Gasteiger charge is -2.32. The Kier molecular flexibility index (Phi) is 7.85. The SMILES string of the molecule is C=CCC(=O)N1CCC(Oc2cccc(C(=O)N(C)CCN(C)C)c2)CC1. The number of rotatable bonds is 8. The highest BCUT2D eigenvalue weighted by molar-refractivity contribution is 5.94. The number of ether oxygens (including phenoxy) is 1. The van der Waals surface area contributed by atoms with Crippen molar-refractivity contribution < 1.29 is 14.3 Å². The fourth-order valence-electron chi connectivity index (χ4n) is 3.04. The van der Waals surface area contributed by atoms with Gasteiger partial charge in [0.1, 0.15) is 11.9 Å². The van der Waals surface area contributed by atoms with Crippen molar-refractivity contribution in [3.8, 4) is 5.75 Å². The molecule has 148 valence electrons. The molecule has 6 nitrogen and oxygen atoms in total. The smallest absolute Gasteiger partial charge is 0.253 e. The summed E-state index contributed by atoms with van der Waals surface area (Å²) in [6.45, 7) is 6.51. The highest BCUT2D eigenvalue weighted by Crippen LogP contribution is 2.21. The number of hydrogen-bond donors (Lipinski definition) is 0. The summed E-state index contributed by atoms with van der Waals surface area (Å²) in [6, 6.07) is 7.36. The minimum absolute atomic E-state index is 0.00728. The van der Waals surface area contributed by atoms with Crippen LogP contribution in [0.4, 0.5) is 0 Å². The maximum Gasteiger partial charge on any atom is 0.253 e. The van der Waals surface area contributed by atoms with E-state index in [9.17, 15) is 9.59 Å². The molecular formula is C21H31N3O3. The van der Waals surface area contributed by atoms with Crippen LogP contribution in [0.25, 0.3) is 0 Å². The third-order valence-electron chi connectivity index (χ3n) is 4.73. The van der Waals surface area contributed by atoms with Gasteiger partial charge < -0.3 is 19.4 Å². The van der Waals surface area contributed by atoms with Gasteiger partial charge in [0.25, 0.3) is 5.91 Å². The Bertz CT molecular complexity index is 652. The zero-order valence-electron chi connectivity index (χ0n) is 16.7. The van der Waals surface area contributed by atoms with E-state index in [1.54, 1.807) is 11.0 Å². The van der Waals surface area contributed by atoms with Crippen molar-refractivity contribution in [3.05, 3.63) is 42.5 Å². The molecule has 0 N–H and O–H groups in total. The first-order valence-corrected chi connectivity index (χ1v) is 9.46. The second-order valence-corrected chi connectivity index (χ2v) is 7.25. The molecule has 27 heavy (non-hydrogen) atoms. The van der Waals surface area contributed by atoms with Crippen LogP contribution in [0.5, 0.6) is 5.75 Å². The maximum atomic E-state index is 12.6. The van der Waals surface area contributed by atoms with Gasteiger partial charge in [-0.2, -0.15) is 0 Å². The summed E-state index contributed by atoms with van der Waals surface area (Å²) in [5.74, 6) is 0.821. The second-order valence-electron chi connectivity index (χ2n) is 7.25. The van der Waals surface area contributed by atoms with Crippen molar-refractivity contribution in [2.45, 2.75) is 25.4 Å². The zero-order chi connectivity index (χ0) is 19.8. The molecule has 0 unspecified atom stereocenters. The molecule has 1 aromatic rings. The zero-order valence-corrected chi connectivity index (χ0v) is 16.7. The number of amides is 2. The Labute approximate surface area is 162 Å². The van der Waals surface area contributed by atoms with Crippen LogP contribution in [0.1, 0.15) is 29.6 Å². The molecule has 1 heterocycles. The molecule has 1 saturated heterocycles. The molecule has 6 heteroatoms. The first-order chi connectivity index (χ1) is 12.9. The summed E-state index contributed by atoms with van der Waals surface area (Å²) in [6.07, 6.45) is 3.68. The number of nitrogens with zero attached hydrogens (tertiary/aromatic N) is 3. The summed E-state index contributed by atoms with van der Waals surface area (Å²) in [7, 11) is 5.79. The lowest BCUT2D eigenvalue weighted by molar-refractivity contribution is -0.132. The molecule has 0 aliphatic carbocycles. The average Bonchev–Trinajstić information content (AvgIpc) is 2.66. The summed E-state index contributed by atoms with van der Waals surface area (Å²) in [5.41, 5.74) is 0.632. The Morgan fingerprint density at radius 2 is 1.93 bits per heavy atom. The van der Waals surface area contributed by atoms with E-state index in [-0.39, 0.29) is 17.9 Å². The highest BCUT2D eigenvalue weighted by Gasteiger charge is 2.23. The number of benzene rings is 1. The standard InChI is InChI=1S/C21H31N3O3/c1-5-7-20(25)24-12-10-18(11-13-24)27-19-9-6-8-17(16-19)21(26)23(4)15-14-22(2)3/h5-6,8-9,16,18H,1,7,10-15H2,2-4H3. The van der Waals surface area contributed by atoms with Gasteiger partial charge in [-0.1, -0.05) is 12.1 Å². The van der Waals surface area contributed by atoms with Crippen molar-refractivity contribution in [2.24, 2.45) is 0 Å². The monoisotopic (exact) mass is 373 g/mol. The molecule has 0 spiro atoms. The van der Waals surface area contributed by atoms with Crippen LogP contribution in [0.15, 0.2) is 36.9 Å². The van der Waals surface area contributed by atoms with Crippen molar-refractivity contribution in [3.63, 3.8) is 0 Å². The van der Waals surface area contributed by atoms with E-state index in [0.717, 1.165) is 19.4 Å². The van der Waals surface area contributed by atoms with Gasteiger partial charge in [0.15, 0.2) is 0 Å². The molecule has 1 fully saturated rings. The molecule has 0 radical (unpaired) electrons. The van der Waals surface area contributed by atoms with E-state index >= 15 is 0 Å². The van der Waals surface area contributed by atoms with Crippen LogP contribution < -0.4 is 4.74 Å². The third kappa shape index (κ3) is 6.40. The quantitative estimate of drug-likeness (QED) is 0.656. The van der Waals surface area contributed by atoms with Crippen LogP contribution in [-0.2, 0) is 4.79 Å². The molecular weight excluding hydrogens is 342 g/mol. The van der Waals surface area contributed by atoms with Crippen LogP contribution in [0.3, 0.4) is 0 Å². The first-order valence-electron chi connectivity index (χ1n) is 9.46. The molecule has 1 aromatic carbocycles. The summed E-state index contributed by atoms with van der Waals surface area (Å²) in [4.78, 5) is 30.1. The van der Waals surface area contributed by atoms with E-state index in [1.807, 2.05) is 50.3 Å². The molecule has 0 atom stereocenters. The van der Waals surface area contributed by atoms with Crippen LogP contribution in [0.2, 0.25) is 0 Å². The molecule has 0 saturated carbocycles. The Morgan fingerprint density at radius 1 is 1.22 bits per heavy atom. The van der Waals surface area contributed by atoms with Gasteiger partial charge in [-0.15, -0.1) is 6.58 Å². The Morgan fingerprint density at radius 3 is 2.56 bits per heavy atom. The van der Waals surface area contributed by atoms with Crippen LogP contribution in [-0.4, -0.2) is 79.9 Å². The Balaban J connectivity index is 1.89.